The lowest BCUT2D eigenvalue weighted by Gasteiger charge is -2.03. The Morgan fingerprint density at radius 3 is 2.53 bits per heavy atom. The Bertz CT molecular complexity index is 453. The third kappa shape index (κ3) is 3.21. The van der Waals surface area contributed by atoms with E-state index in [1.165, 1.54) is 0 Å². The number of halogens is 1. The van der Waals surface area contributed by atoms with Crippen molar-refractivity contribution in [3.63, 3.8) is 0 Å². The maximum absolute atomic E-state index is 8.08. The van der Waals surface area contributed by atoms with Crippen LogP contribution in [0.1, 0.15) is 16.7 Å². The summed E-state index contributed by atoms with van der Waals surface area (Å²) in [5.41, 5.74) is 11.1. The quantitative estimate of drug-likeness (QED) is 0.300. The zero-order valence-electron chi connectivity index (χ0n) is 8.58. The number of azide groups is 1. The summed E-state index contributed by atoms with van der Waals surface area (Å²) in [5, 5.41) is 4.06. The first-order valence-corrected chi connectivity index (χ1v) is 4.79. The van der Waals surface area contributed by atoms with Crippen LogP contribution in [0.2, 0.25) is 5.02 Å². The number of hydrogen-bond donors (Lipinski definition) is 0. The zero-order chi connectivity index (χ0) is 11.3. The molecule has 0 aliphatic heterocycles. The first-order valence-electron chi connectivity index (χ1n) is 4.41. The molecule has 0 aromatic heterocycles. The van der Waals surface area contributed by atoms with Crippen molar-refractivity contribution >= 4 is 11.6 Å². The van der Waals surface area contributed by atoms with E-state index in [9.17, 15) is 0 Å². The third-order valence-corrected chi connectivity index (χ3v) is 2.14. The molecule has 1 aromatic rings. The van der Waals surface area contributed by atoms with Crippen LogP contribution in [0.25, 0.3) is 10.4 Å². The Hall–Kier alpha value is -1.62. The van der Waals surface area contributed by atoms with E-state index in [1.807, 2.05) is 26.0 Å². The predicted molar refractivity (Wildman–Crippen MR) is 61.8 cm³/mol. The standard InChI is InChI=1S/C11H10ClN3/c1-8-6-10(12)7-9(2)11(8)4-3-5-14-15-13/h6-7H,5H2,1-2H3. The molecular weight excluding hydrogens is 210 g/mol. The third-order valence-electron chi connectivity index (χ3n) is 1.92. The first kappa shape index (κ1) is 11.5. The molecule has 3 nitrogen and oxygen atoms in total. The van der Waals surface area contributed by atoms with Crippen LogP contribution in [-0.4, -0.2) is 6.54 Å². The maximum Gasteiger partial charge on any atom is 0.0880 e. The van der Waals surface area contributed by atoms with Gasteiger partial charge < -0.3 is 0 Å². The highest BCUT2D eigenvalue weighted by molar-refractivity contribution is 6.30. The van der Waals surface area contributed by atoms with Crippen molar-refractivity contribution in [2.75, 3.05) is 6.54 Å². The van der Waals surface area contributed by atoms with Gasteiger partial charge in [-0.15, -0.1) is 0 Å². The minimum Gasteiger partial charge on any atom is -0.0919 e. The summed E-state index contributed by atoms with van der Waals surface area (Å²) < 4.78 is 0. The van der Waals surface area contributed by atoms with Crippen molar-refractivity contribution < 1.29 is 0 Å². The molecule has 1 rings (SSSR count). The molecule has 0 bridgehead atoms. The largest absolute Gasteiger partial charge is 0.0919 e. The van der Waals surface area contributed by atoms with Gasteiger partial charge in [0.2, 0.25) is 0 Å². The molecule has 0 radical (unpaired) electrons. The van der Waals surface area contributed by atoms with E-state index in [0.717, 1.165) is 16.7 Å². The van der Waals surface area contributed by atoms with Gasteiger partial charge in [-0.1, -0.05) is 28.6 Å². The number of aryl methyl sites for hydroxylation is 2. The van der Waals surface area contributed by atoms with Crippen LogP contribution in [-0.2, 0) is 0 Å². The molecule has 0 spiro atoms. The van der Waals surface area contributed by atoms with Crippen LogP contribution in [0.5, 0.6) is 0 Å². The van der Waals surface area contributed by atoms with Crippen molar-refractivity contribution in [1.29, 1.82) is 0 Å². The fraction of sp³-hybridized carbons (Fsp3) is 0.273. The molecule has 0 aliphatic rings. The molecule has 0 atom stereocenters. The van der Waals surface area contributed by atoms with Gasteiger partial charge in [0.25, 0.3) is 0 Å². The fourth-order valence-corrected chi connectivity index (χ4v) is 1.63. The molecule has 0 N–H and O–H groups in total. The first-order chi connectivity index (χ1) is 7.15. The lowest BCUT2D eigenvalue weighted by molar-refractivity contribution is 1.25. The van der Waals surface area contributed by atoms with Crippen LogP contribution >= 0.6 is 11.6 Å². The van der Waals surface area contributed by atoms with Crippen molar-refractivity contribution in [2.45, 2.75) is 13.8 Å². The normalized spacial score (nSPS) is 8.73. The van der Waals surface area contributed by atoms with Gasteiger partial charge in [-0.05, 0) is 42.6 Å². The van der Waals surface area contributed by atoms with E-state index < -0.39 is 0 Å². The minimum absolute atomic E-state index is 0.192. The summed E-state index contributed by atoms with van der Waals surface area (Å²) in [6.07, 6.45) is 0. The molecule has 0 fully saturated rings. The van der Waals surface area contributed by atoms with Crippen LogP contribution < -0.4 is 0 Å². The molecule has 0 amide bonds. The number of hydrogen-bond acceptors (Lipinski definition) is 1. The summed E-state index contributed by atoms with van der Waals surface area (Å²) in [5.74, 6) is 5.76. The molecular formula is C11H10ClN3. The molecule has 0 saturated heterocycles. The highest BCUT2D eigenvalue weighted by atomic mass is 35.5. The Balaban J connectivity index is 3.02. The summed E-state index contributed by atoms with van der Waals surface area (Å²) in [6, 6.07) is 3.73. The van der Waals surface area contributed by atoms with Gasteiger partial charge in [0.15, 0.2) is 0 Å². The zero-order valence-corrected chi connectivity index (χ0v) is 9.34. The van der Waals surface area contributed by atoms with E-state index in [1.54, 1.807) is 0 Å². The minimum atomic E-state index is 0.192. The summed E-state index contributed by atoms with van der Waals surface area (Å²) in [7, 11) is 0. The van der Waals surface area contributed by atoms with Crippen LogP contribution in [0.4, 0.5) is 0 Å². The molecule has 1 aromatic carbocycles. The van der Waals surface area contributed by atoms with E-state index in [2.05, 4.69) is 21.9 Å². The lowest BCUT2D eigenvalue weighted by Crippen LogP contribution is -1.88. The van der Waals surface area contributed by atoms with Gasteiger partial charge >= 0.3 is 0 Å². The highest BCUT2D eigenvalue weighted by Crippen LogP contribution is 2.18. The summed E-state index contributed by atoms with van der Waals surface area (Å²) in [4.78, 5) is 2.63. The number of benzene rings is 1. The average molecular weight is 220 g/mol. The second-order valence-corrected chi connectivity index (χ2v) is 3.54. The smallest absolute Gasteiger partial charge is 0.0880 e. The van der Waals surface area contributed by atoms with Crippen LogP contribution in [0.3, 0.4) is 0 Å². The second-order valence-electron chi connectivity index (χ2n) is 3.11. The van der Waals surface area contributed by atoms with Crippen molar-refractivity contribution in [1.82, 2.24) is 0 Å². The predicted octanol–water partition coefficient (Wildman–Crippen LogP) is 3.62. The molecule has 0 aliphatic carbocycles. The van der Waals surface area contributed by atoms with Gasteiger partial charge in [-0.3, -0.25) is 0 Å². The maximum atomic E-state index is 8.08. The Kier molecular flexibility index (Phi) is 4.05. The van der Waals surface area contributed by atoms with Gasteiger partial charge in [-0.2, -0.15) is 0 Å². The van der Waals surface area contributed by atoms with Gasteiger partial charge in [0, 0.05) is 15.5 Å². The monoisotopic (exact) mass is 219 g/mol. The van der Waals surface area contributed by atoms with Gasteiger partial charge in [0.05, 0.1) is 6.54 Å². The molecule has 0 saturated carbocycles. The van der Waals surface area contributed by atoms with Crippen LogP contribution in [0.15, 0.2) is 17.2 Å². The van der Waals surface area contributed by atoms with E-state index in [0.29, 0.717) is 5.02 Å². The van der Waals surface area contributed by atoms with E-state index >= 15 is 0 Å². The van der Waals surface area contributed by atoms with E-state index in [4.69, 9.17) is 17.1 Å². The average Bonchev–Trinajstić information content (AvgIpc) is 2.15. The van der Waals surface area contributed by atoms with Crippen molar-refractivity contribution in [2.24, 2.45) is 5.11 Å². The molecule has 15 heavy (non-hydrogen) atoms. The SMILES string of the molecule is Cc1cc(Cl)cc(C)c1C#CCN=[N+]=[N-]. The van der Waals surface area contributed by atoms with E-state index in [-0.39, 0.29) is 6.54 Å². The van der Waals surface area contributed by atoms with Crippen molar-refractivity contribution in [3.05, 3.63) is 44.3 Å². The Labute approximate surface area is 93.7 Å². The number of rotatable bonds is 1. The summed E-state index contributed by atoms with van der Waals surface area (Å²) >= 11 is 5.89. The van der Waals surface area contributed by atoms with Crippen molar-refractivity contribution in [3.8, 4) is 11.8 Å². The molecule has 76 valence electrons. The Morgan fingerprint density at radius 1 is 1.40 bits per heavy atom. The fourth-order valence-electron chi connectivity index (χ4n) is 1.30. The second kappa shape index (κ2) is 5.31. The Morgan fingerprint density at radius 2 is 2.00 bits per heavy atom. The van der Waals surface area contributed by atoms with Crippen LogP contribution in [0, 0.1) is 25.7 Å². The van der Waals surface area contributed by atoms with Gasteiger partial charge in [0.1, 0.15) is 0 Å². The molecule has 0 heterocycles. The highest BCUT2D eigenvalue weighted by Gasteiger charge is 2.00. The number of nitrogens with zero attached hydrogens (tertiary/aromatic N) is 3. The lowest BCUT2D eigenvalue weighted by atomic mass is 10.0. The topological polar surface area (TPSA) is 48.8 Å². The van der Waals surface area contributed by atoms with Gasteiger partial charge in [-0.25, -0.2) is 0 Å². The molecule has 0 unspecified atom stereocenters. The summed E-state index contributed by atoms with van der Waals surface area (Å²) in [6.45, 7) is 4.10. The molecule has 4 heteroatoms.